The highest BCUT2D eigenvalue weighted by Crippen LogP contribution is 2.24. The summed E-state index contributed by atoms with van der Waals surface area (Å²) < 4.78 is 1.79. The molecule has 0 aliphatic rings. The zero-order valence-electron chi connectivity index (χ0n) is 11.9. The molecule has 2 heterocycles. The molecule has 0 amide bonds. The number of rotatable bonds is 4. The average Bonchev–Trinajstić information content (AvgIpc) is 2.91. The topological polar surface area (TPSA) is 91.9 Å². The fraction of sp³-hybridized carbons (Fsp3) is 0. The van der Waals surface area contributed by atoms with Gasteiger partial charge in [-0.1, -0.05) is 36.4 Å². The zero-order valence-corrected chi connectivity index (χ0v) is 11.9. The van der Waals surface area contributed by atoms with Gasteiger partial charge in [0.2, 0.25) is 0 Å². The average molecular weight is 308 g/mol. The lowest BCUT2D eigenvalue weighted by Crippen LogP contribution is -2.10. The second-order valence-corrected chi connectivity index (χ2v) is 4.81. The van der Waals surface area contributed by atoms with Crippen LogP contribution in [0.25, 0.3) is 23.0 Å². The van der Waals surface area contributed by atoms with E-state index in [1.165, 1.54) is 0 Å². The minimum atomic E-state index is -1.50. The standard InChI is InChI=1S/C17H12N2O4/c20-16(21)12(17(22)23)10-13-14-8-4-5-9-19(14)15(18-13)11-6-2-1-3-7-11/h1-10H,(H,20,21)(H,22,23). The first-order chi connectivity index (χ1) is 11.1. The number of nitrogens with zero attached hydrogens (tertiary/aromatic N) is 2. The fourth-order valence-corrected chi connectivity index (χ4v) is 2.31. The maximum Gasteiger partial charge on any atom is 0.343 e. The molecule has 23 heavy (non-hydrogen) atoms. The Hall–Kier alpha value is -3.41. The van der Waals surface area contributed by atoms with Crippen LogP contribution < -0.4 is 0 Å². The van der Waals surface area contributed by atoms with Crippen molar-refractivity contribution in [2.24, 2.45) is 0 Å². The third kappa shape index (κ3) is 2.69. The van der Waals surface area contributed by atoms with Crippen molar-refractivity contribution in [3.05, 3.63) is 66.0 Å². The van der Waals surface area contributed by atoms with Crippen molar-refractivity contribution in [1.82, 2.24) is 9.38 Å². The van der Waals surface area contributed by atoms with Crippen LogP contribution in [0.1, 0.15) is 5.69 Å². The van der Waals surface area contributed by atoms with E-state index in [0.717, 1.165) is 11.6 Å². The normalized spacial score (nSPS) is 10.4. The molecule has 0 saturated carbocycles. The summed E-state index contributed by atoms with van der Waals surface area (Å²) in [6.07, 6.45) is 2.87. The largest absolute Gasteiger partial charge is 0.477 e. The molecule has 0 spiro atoms. The Kier molecular flexibility index (Phi) is 3.64. The summed E-state index contributed by atoms with van der Waals surface area (Å²) in [6, 6.07) is 14.7. The first kappa shape index (κ1) is 14.5. The predicted molar refractivity (Wildman–Crippen MR) is 83.9 cm³/mol. The van der Waals surface area contributed by atoms with Gasteiger partial charge in [0.25, 0.3) is 0 Å². The highest BCUT2D eigenvalue weighted by Gasteiger charge is 2.19. The first-order valence-corrected chi connectivity index (χ1v) is 6.78. The monoisotopic (exact) mass is 308 g/mol. The van der Waals surface area contributed by atoms with Gasteiger partial charge >= 0.3 is 11.9 Å². The SMILES string of the molecule is O=C(O)C(=Cc1nc(-c2ccccc2)n2ccccc12)C(=O)O. The van der Waals surface area contributed by atoms with Gasteiger partial charge in [0.05, 0.1) is 11.2 Å². The summed E-state index contributed by atoms with van der Waals surface area (Å²) >= 11 is 0. The van der Waals surface area contributed by atoms with Crippen LogP contribution in [0.5, 0.6) is 0 Å². The molecule has 0 atom stereocenters. The van der Waals surface area contributed by atoms with Crippen LogP contribution in [0.4, 0.5) is 0 Å². The lowest BCUT2D eigenvalue weighted by atomic mass is 10.2. The van der Waals surface area contributed by atoms with E-state index in [1.54, 1.807) is 22.7 Å². The van der Waals surface area contributed by atoms with E-state index in [4.69, 9.17) is 10.2 Å². The number of fused-ring (bicyclic) bond motifs is 1. The Balaban J connectivity index is 2.26. The fourth-order valence-electron chi connectivity index (χ4n) is 2.31. The molecule has 0 fully saturated rings. The Morgan fingerprint density at radius 3 is 2.26 bits per heavy atom. The molecular formula is C17H12N2O4. The third-order valence-corrected chi connectivity index (χ3v) is 3.35. The van der Waals surface area contributed by atoms with E-state index in [9.17, 15) is 9.59 Å². The quantitative estimate of drug-likeness (QED) is 0.439. The van der Waals surface area contributed by atoms with Gasteiger partial charge in [-0.2, -0.15) is 0 Å². The van der Waals surface area contributed by atoms with Crippen molar-refractivity contribution < 1.29 is 19.8 Å². The Morgan fingerprint density at radius 2 is 1.61 bits per heavy atom. The number of carbonyl (C=O) groups is 2. The third-order valence-electron chi connectivity index (χ3n) is 3.35. The van der Waals surface area contributed by atoms with Crippen molar-refractivity contribution in [2.45, 2.75) is 0 Å². The van der Waals surface area contributed by atoms with Crippen LogP contribution in [0.3, 0.4) is 0 Å². The number of imidazole rings is 1. The van der Waals surface area contributed by atoms with Crippen molar-refractivity contribution in [1.29, 1.82) is 0 Å². The summed E-state index contributed by atoms with van der Waals surface area (Å²) in [6.45, 7) is 0. The highest BCUT2D eigenvalue weighted by molar-refractivity contribution is 6.16. The molecule has 2 N–H and O–H groups in total. The second-order valence-electron chi connectivity index (χ2n) is 4.81. The van der Waals surface area contributed by atoms with Crippen LogP contribution in [0.15, 0.2) is 60.3 Å². The number of hydrogen-bond acceptors (Lipinski definition) is 3. The first-order valence-electron chi connectivity index (χ1n) is 6.78. The molecule has 3 rings (SSSR count). The van der Waals surface area contributed by atoms with E-state index in [0.29, 0.717) is 17.0 Å². The molecule has 114 valence electrons. The highest BCUT2D eigenvalue weighted by atomic mass is 16.4. The summed E-state index contributed by atoms with van der Waals surface area (Å²) in [5.74, 6) is -2.39. The number of aliphatic carboxylic acids is 2. The minimum absolute atomic E-state index is 0.296. The summed E-state index contributed by atoms with van der Waals surface area (Å²) in [7, 11) is 0. The second kappa shape index (κ2) is 5.76. The number of carboxylic acids is 2. The van der Waals surface area contributed by atoms with Crippen molar-refractivity contribution >= 4 is 23.5 Å². The molecule has 0 unspecified atom stereocenters. The van der Waals surface area contributed by atoms with Gasteiger partial charge in [0.15, 0.2) is 0 Å². The van der Waals surface area contributed by atoms with Crippen molar-refractivity contribution in [2.75, 3.05) is 0 Å². The maximum absolute atomic E-state index is 11.1. The molecule has 1 aromatic carbocycles. The van der Waals surface area contributed by atoms with E-state index < -0.39 is 17.5 Å². The lowest BCUT2D eigenvalue weighted by molar-refractivity contribution is -0.140. The Bertz CT molecular complexity index is 910. The molecule has 0 saturated heterocycles. The number of aromatic nitrogens is 2. The number of pyridine rings is 1. The van der Waals surface area contributed by atoms with Crippen molar-refractivity contribution in [3.63, 3.8) is 0 Å². The lowest BCUT2D eigenvalue weighted by Gasteiger charge is -2.00. The molecule has 2 aromatic heterocycles. The summed E-state index contributed by atoms with van der Waals surface area (Å²) in [5.41, 5.74) is 1.05. The van der Waals surface area contributed by atoms with Gasteiger partial charge in [0, 0.05) is 11.8 Å². The molecule has 3 aromatic rings. The molecular weight excluding hydrogens is 296 g/mol. The number of benzene rings is 1. The maximum atomic E-state index is 11.1. The van der Waals surface area contributed by atoms with Crippen LogP contribution in [0, 0.1) is 0 Å². The van der Waals surface area contributed by atoms with Gasteiger partial charge in [-0.3, -0.25) is 4.40 Å². The van der Waals surface area contributed by atoms with Crippen LogP contribution in [-0.4, -0.2) is 31.5 Å². The molecule has 0 aliphatic heterocycles. The summed E-state index contributed by atoms with van der Waals surface area (Å²) in [5, 5.41) is 18.0. The van der Waals surface area contributed by atoms with E-state index >= 15 is 0 Å². The van der Waals surface area contributed by atoms with E-state index in [2.05, 4.69) is 4.98 Å². The number of carboxylic acid groups (broad SMARTS) is 2. The zero-order chi connectivity index (χ0) is 16.4. The van der Waals surface area contributed by atoms with Gasteiger partial charge in [-0.15, -0.1) is 0 Å². The van der Waals surface area contributed by atoms with Gasteiger partial charge in [0.1, 0.15) is 11.4 Å². The van der Waals surface area contributed by atoms with E-state index in [-0.39, 0.29) is 0 Å². The molecule has 0 aliphatic carbocycles. The summed E-state index contributed by atoms with van der Waals surface area (Å²) in [4.78, 5) is 26.6. The van der Waals surface area contributed by atoms with Gasteiger partial charge in [-0.05, 0) is 18.2 Å². The molecule has 6 nitrogen and oxygen atoms in total. The predicted octanol–water partition coefficient (Wildman–Crippen LogP) is 2.55. The van der Waals surface area contributed by atoms with E-state index in [1.807, 2.05) is 36.4 Å². The van der Waals surface area contributed by atoms with Crippen LogP contribution in [0.2, 0.25) is 0 Å². The minimum Gasteiger partial charge on any atom is -0.477 e. The molecule has 0 radical (unpaired) electrons. The molecule has 6 heteroatoms. The number of hydrogen-bond donors (Lipinski definition) is 2. The Labute approximate surface area is 131 Å². The van der Waals surface area contributed by atoms with Crippen LogP contribution >= 0.6 is 0 Å². The molecule has 0 bridgehead atoms. The van der Waals surface area contributed by atoms with Gasteiger partial charge < -0.3 is 10.2 Å². The smallest absolute Gasteiger partial charge is 0.343 e. The van der Waals surface area contributed by atoms with Crippen molar-refractivity contribution in [3.8, 4) is 11.4 Å². The Morgan fingerprint density at radius 1 is 0.957 bits per heavy atom. The van der Waals surface area contributed by atoms with Gasteiger partial charge in [-0.25, -0.2) is 14.6 Å². The van der Waals surface area contributed by atoms with Crippen LogP contribution in [-0.2, 0) is 9.59 Å².